The lowest BCUT2D eigenvalue weighted by molar-refractivity contribution is -0.122. The Kier molecular flexibility index (Phi) is 5.67. The second-order valence-electron chi connectivity index (χ2n) is 8.20. The number of carbonyl (C=O) groups is 4. The van der Waals surface area contributed by atoms with Gasteiger partial charge in [0.15, 0.2) is 12.4 Å². The second-order valence-corrected chi connectivity index (χ2v) is 8.20. The molecule has 0 aromatic heterocycles. The van der Waals surface area contributed by atoms with E-state index in [4.69, 9.17) is 4.74 Å². The number of ketones is 1. The van der Waals surface area contributed by atoms with Crippen LogP contribution in [0, 0.1) is 23.6 Å². The van der Waals surface area contributed by atoms with Crippen molar-refractivity contribution >= 4 is 29.3 Å². The van der Waals surface area contributed by atoms with Crippen LogP contribution in [0.15, 0.2) is 48.5 Å². The third kappa shape index (κ3) is 4.13. The van der Waals surface area contributed by atoms with Gasteiger partial charge in [0.05, 0.1) is 23.1 Å². The van der Waals surface area contributed by atoms with Gasteiger partial charge in [-0.3, -0.25) is 19.3 Å². The normalized spacial score (nSPS) is 22.9. The average molecular weight is 423 g/mol. The molecule has 0 bridgehead atoms. The van der Waals surface area contributed by atoms with E-state index in [9.17, 15) is 23.6 Å². The lowest BCUT2D eigenvalue weighted by Crippen LogP contribution is -2.31. The van der Waals surface area contributed by atoms with Crippen molar-refractivity contribution in [1.82, 2.24) is 0 Å². The van der Waals surface area contributed by atoms with E-state index >= 15 is 0 Å². The Balaban J connectivity index is 1.46. The highest BCUT2D eigenvalue weighted by atomic mass is 19.1. The van der Waals surface area contributed by atoms with E-state index in [1.165, 1.54) is 29.2 Å². The maximum absolute atomic E-state index is 13.0. The SMILES string of the molecule is C[C@@H]1CC[C@H]2C(=O)N(c3cccc(C(=O)OCC(=O)c4ccc(F)cc4)c3)C(=O)[C@@H]2C1. The molecule has 2 aromatic rings. The fourth-order valence-corrected chi connectivity index (χ4v) is 4.35. The quantitative estimate of drug-likeness (QED) is 0.415. The first-order chi connectivity index (χ1) is 14.8. The van der Waals surface area contributed by atoms with Crippen molar-refractivity contribution in [2.24, 2.45) is 17.8 Å². The fraction of sp³-hybridized carbons (Fsp3) is 0.333. The van der Waals surface area contributed by atoms with Gasteiger partial charge in [0.25, 0.3) is 0 Å². The third-order valence-electron chi connectivity index (χ3n) is 6.03. The molecule has 2 aliphatic rings. The predicted molar refractivity (Wildman–Crippen MR) is 110 cm³/mol. The van der Waals surface area contributed by atoms with Crippen LogP contribution in [-0.4, -0.2) is 30.2 Å². The Labute approximate surface area is 179 Å². The van der Waals surface area contributed by atoms with Gasteiger partial charge in [-0.2, -0.15) is 0 Å². The second kappa shape index (κ2) is 8.41. The average Bonchev–Trinajstić information content (AvgIpc) is 3.01. The van der Waals surface area contributed by atoms with Crippen LogP contribution in [-0.2, 0) is 14.3 Å². The number of esters is 1. The molecule has 2 aromatic carbocycles. The van der Waals surface area contributed by atoms with Gasteiger partial charge in [-0.15, -0.1) is 0 Å². The van der Waals surface area contributed by atoms with Crippen LogP contribution in [0.5, 0.6) is 0 Å². The molecule has 31 heavy (non-hydrogen) atoms. The van der Waals surface area contributed by atoms with Gasteiger partial charge in [-0.25, -0.2) is 9.18 Å². The zero-order valence-corrected chi connectivity index (χ0v) is 17.0. The molecule has 2 amide bonds. The molecule has 0 N–H and O–H groups in total. The summed E-state index contributed by atoms with van der Waals surface area (Å²) < 4.78 is 18.1. The summed E-state index contributed by atoms with van der Waals surface area (Å²) in [5, 5.41) is 0. The highest BCUT2D eigenvalue weighted by Gasteiger charge is 2.50. The number of carbonyl (C=O) groups excluding carboxylic acids is 4. The fourth-order valence-electron chi connectivity index (χ4n) is 4.35. The van der Waals surface area contributed by atoms with Crippen LogP contribution < -0.4 is 4.90 Å². The van der Waals surface area contributed by atoms with E-state index in [0.717, 1.165) is 18.6 Å². The van der Waals surface area contributed by atoms with Crippen LogP contribution in [0.3, 0.4) is 0 Å². The van der Waals surface area contributed by atoms with Crippen LogP contribution in [0.25, 0.3) is 0 Å². The number of rotatable bonds is 5. The van der Waals surface area contributed by atoms with E-state index in [0.29, 0.717) is 24.4 Å². The number of hydrogen-bond donors (Lipinski definition) is 0. The summed E-state index contributed by atoms with van der Waals surface area (Å²) in [6.07, 6.45) is 2.31. The van der Waals surface area contributed by atoms with Gasteiger partial charge in [0, 0.05) is 5.56 Å². The molecular formula is C24H22FNO5. The van der Waals surface area contributed by atoms with Gasteiger partial charge in [0.1, 0.15) is 5.82 Å². The molecule has 160 valence electrons. The molecule has 1 saturated carbocycles. The number of anilines is 1. The number of Topliss-reactive ketones (excluding diaryl/α,β-unsaturated/α-hetero) is 1. The summed E-state index contributed by atoms with van der Waals surface area (Å²) in [5.74, 6) is -2.33. The number of hydrogen-bond acceptors (Lipinski definition) is 5. The van der Waals surface area contributed by atoms with E-state index in [1.807, 2.05) is 0 Å². The molecular weight excluding hydrogens is 401 g/mol. The lowest BCUT2D eigenvalue weighted by atomic mass is 9.76. The van der Waals surface area contributed by atoms with Gasteiger partial charge in [-0.1, -0.05) is 13.0 Å². The molecule has 0 spiro atoms. The topological polar surface area (TPSA) is 80.8 Å². The highest BCUT2D eigenvalue weighted by molar-refractivity contribution is 6.22. The van der Waals surface area contributed by atoms with Crippen molar-refractivity contribution in [3.05, 3.63) is 65.5 Å². The minimum atomic E-state index is -0.748. The first-order valence-corrected chi connectivity index (χ1v) is 10.3. The van der Waals surface area contributed by atoms with Gasteiger partial charge < -0.3 is 4.74 Å². The number of fused-ring (bicyclic) bond motifs is 1. The number of halogens is 1. The van der Waals surface area contributed by atoms with Gasteiger partial charge in [-0.05, 0) is 67.6 Å². The zero-order valence-electron chi connectivity index (χ0n) is 17.0. The summed E-state index contributed by atoms with van der Waals surface area (Å²) >= 11 is 0. The maximum Gasteiger partial charge on any atom is 0.338 e. The Bertz CT molecular complexity index is 1050. The molecule has 0 unspecified atom stereocenters. The summed E-state index contributed by atoms with van der Waals surface area (Å²) in [7, 11) is 0. The number of amides is 2. The first-order valence-electron chi connectivity index (χ1n) is 10.3. The molecule has 1 aliphatic heterocycles. The summed E-state index contributed by atoms with van der Waals surface area (Å²) in [4.78, 5) is 51.5. The smallest absolute Gasteiger partial charge is 0.338 e. The summed E-state index contributed by atoms with van der Waals surface area (Å²) in [6.45, 7) is 1.58. The molecule has 4 rings (SSSR count). The van der Waals surface area contributed by atoms with Crippen molar-refractivity contribution in [2.75, 3.05) is 11.5 Å². The molecule has 1 heterocycles. The maximum atomic E-state index is 13.0. The Hall–Kier alpha value is -3.35. The molecule has 7 heteroatoms. The molecule has 6 nitrogen and oxygen atoms in total. The summed E-state index contributed by atoms with van der Waals surface area (Å²) in [6, 6.07) is 11.0. The van der Waals surface area contributed by atoms with Crippen molar-refractivity contribution < 1.29 is 28.3 Å². The minimum Gasteiger partial charge on any atom is -0.454 e. The molecule has 0 radical (unpaired) electrons. The number of benzene rings is 2. The molecule has 1 saturated heterocycles. The van der Waals surface area contributed by atoms with Crippen LogP contribution >= 0.6 is 0 Å². The monoisotopic (exact) mass is 423 g/mol. The standard InChI is InChI=1S/C24H22FNO5/c1-14-5-10-19-20(11-14)23(29)26(22(19)28)18-4-2-3-16(12-18)24(30)31-13-21(27)15-6-8-17(25)9-7-15/h2-4,6-9,12,14,19-20H,5,10-11,13H2,1H3/t14-,19-,20-/m1/s1. The van der Waals surface area contributed by atoms with Gasteiger partial charge >= 0.3 is 5.97 Å². The van der Waals surface area contributed by atoms with Crippen LogP contribution in [0.4, 0.5) is 10.1 Å². The highest BCUT2D eigenvalue weighted by Crippen LogP contribution is 2.42. The lowest BCUT2D eigenvalue weighted by Gasteiger charge is -2.25. The molecule has 3 atom stereocenters. The van der Waals surface area contributed by atoms with E-state index in [-0.39, 0.29) is 34.8 Å². The number of imide groups is 1. The zero-order chi connectivity index (χ0) is 22.1. The van der Waals surface area contributed by atoms with E-state index < -0.39 is 24.2 Å². The van der Waals surface area contributed by atoms with Crippen molar-refractivity contribution in [3.8, 4) is 0 Å². The van der Waals surface area contributed by atoms with E-state index in [2.05, 4.69) is 6.92 Å². The Morgan fingerprint density at radius 2 is 1.71 bits per heavy atom. The first kappa shape index (κ1) is 20.9. The van der Waals surface area contributed by atoms with E-state index in [1.54, 1.807) is 12.1 Å². The van der Waals surface area contributed by atoms with Gasteiger partial charge in [0.2, 0.25) is 11.8 Å². The van der Waals surface area contributed by atoms with Crippen LogP contribution in [0.1, 0.15) is 46.9 Å². The van der Waals surface area contributed by atoms with Crippen LogP contribution in [0.2, 0.25) is 0 Å². The minimum absolute atomic E-state index is 0.133. The Morgan fingerprint density at radius 1 is 1.00 bits per heavy atom. The number of nitrogens with zero attached hydrogens (tertiary/aromatic N) is 1. The predicted octanol–water partition coefficient (Wildman–Crippen LogP) is 3.79. The Morgan fingerprint density at radius 3 is 2.45 bits per heavy atom. The summed E-state index contributed by atoms with van der Waals surface area (Å²) in [5.41, 5.74) is 0.692. The van der Waals surface area contributed by atoms with Crippen molar-refractivity contribution in [2.45, 2.75) is 26.2 Å². The van der Waals surface area contributed by atoms with Crippen molar-refractivity contribution in [3.63, 3.8) is 0 Å². The largest absolute Gasteiger partial charge is 0.454 e. The number of ether oxygens (including phenoxy) is 1. The molecule has 2 fully saturated rings. The third-order valence-corrected chi connectivity index (χ3v) is 6.03. The van der Waals surface area contributed by atoms with Crippen molar-refractivity contribution in [1.29, 1.82) is 0 Å². The molecule has 1 aliphatic carbocycles.